The summed E-state index contributed by atoms with van der Waals surface area (Å²) >= 11 is 6.10. The molecule has 9 heteroatoms. The zero-order valence-electron chi connectivity index (χ0n) is 17.8. The minimum Gasteiger partial charge on any atom is -0.493 e. The molecule has 0 unspecified atom stereocenters. The molecule has 0 atom stereocenters. The lowest BCUT2D eigenvalue weighted by Gasteiger charge is -2.33. The second-order valence-corrected chi connectivity index (χ2v) is 10.8. The molecule has 4 rings (SSSR count). The summed E-state index contributed by atoms with van der Waals surface area (Å²) in [5, 5.41) is 0.719. The number of nitrogens with zero attached hydrogens (tertiary/aromatic N) is 1. The van der Waals surface area contributed by atoms with E-state index in [0.29, 0.717) is 18.3 Å². The molecular weight excluding hydrogens is 455 g/mol. The summed E-state index contributed by atoms with van der Waals surface area (Å²) in [5.74, 6) is -0.764. The molecule has 2 fully saturated rings. The van der Waals surface area contributed by atoms with Gasteiger partial charge in [-0.1, -0.05) is 17.7 Å². The van der Waals surface area contributed by atoms with Crippen LogP contribution in [-0.2, 0) is 10.0 Å². The Hall–Kier alpha value is -2.32. The van der Waals surface area contributed by atoms with E-state index in [1.807, 2.05) is 22.9 Å². The molecule has 172 valence electrons. The third kappa shape index (κ3) is 5.72. The van der Waals surface area contributed by atoms with E-state index in [1.165, 1.54) is 12.1 Å². The van der Waals surface area contributed by atoms with Crippen LogP contribution in [0.5, 0.6) is 5.75 Å². The summed E-state index contributed by atoms with van der Waals surface area (Å²) in [6.45, 7) is 2.25. The molecule has 0 radical (unpaired) electrons. The van der Waals surface area contributed by atoms with Gasteiger partial charge < -0.3 is 9.64 Å². The number of hydrogen-bond acceptors (Lipinski definition) is 5. The number of carbonyl (C=O) groups is 1. The standard InChI is InChI=1S/C23H26ClFN2O4S/c1-32(29,30)26-23(28)20-12-19(16-5-6-16)22(13-21(20)25)31-14-15-7-9-27(10-8-15)18-4-2-3-17(24)11-18/h2-4,11-13,15-16H,5-10,14H2,1H3,(H,26,28). The molecule has 1 heterocycles. The molecular formula is C23H26ClFN2O4S. The molecule has 2 aliphatic rings. The third-order valence-corrected chi connectivity index (χ3v) is 6.69. The Morgan fingerprint density at radius 2 is 1.91 bits per heavy atom. The Kier molecular flexibility index (Phi) is 6.62. The molecule has 32 heavy (non-hydrogen) atoms. The van der Waals surface area contributed by atoms with Crippen LogP contribution in [0.25, 0.3) is 0 Å². The third-order valence-electron chi connectivity index (χ3n) is 5.90. The predicted molar refractivity (Wildman–Crippen MR) is 123 cm³/mol. The Labute approximate surface area is 192 Å². The number of nitrogens with one attached hydrogen (secondary N) is 1. The second-order valence-electron chi connectivity index (χ2n) is 8.57. The highest BCUT2D eigenvalue weighted by molar-refractivity contribution is 7.89. The first-order valence-corrected chi connectivity index (χ1v) is 13.0. The molecule has 1 amide bonds. The quantitative estimate of drug-likeness (QED) is 0.638. The molecule has 1 saturated heterocycles. The van der Waals surface area contributed by atoms with E-state index in [1.54, 1.807) is 0 Å². The number of benzene rings is 2. The number of carbonyl (C=O) groups excluding carboxylic acids is 1. The van der Waals surface area contributed by atoms with Gasteiger partial charge in [-0.2, -0.15) is 0 Å². The molecule has 1 aliphatic heterocycles. The fourth-order valence-electron chi connectivity index (χ4n) is 4.05. The molecule has 0 spiro atoms. The number of ether oxygens (including phenoxy) is 1. The van der Waals surface area contributed by atoms with Gasteiger partial charge in [0, 0.05) is 29.9 Å². The van der Waals surface area contributed by atoms with Crippen molar-refractivity contribution in [2.24, 2.45) is 5.92 Å². The monoisotopic (exact) mass is 480 g/mol. The fraction of sp³-hybridized carbons (Fsp3) is 0.435. The number of rotatable bonds is 7. The van der Waals surface area contributed by atoms with Crippen molar-refractivity contribution in [1.82, 2.24) is 4.72 Å². The van der Waals surface area contributed by atoms with Crippen LogP contribution in [0, 0.1) is 11.7 Å². The van der Waals surface area contributed by atoms with Crippen molar-refractivity contribution < 1.29 is 22.3 Å². The van der Waals surface area contributed by atoms with Gasteiger partial charge in [-0.15, -0.1) is 0 Å². The highest BCUT2D eigenvalue weighted by atomic mass is 35.5. The largest absolute Gasteiger partial charge is 0.493 e. The first-order chi connectivity index (χ1) is 15.2. The maximum absolute atomic E-state index is 14.6. The van der Waals surface area contributed by atoms with E-state index in [4.69, 9.17) is 16.3 Å². The first kappa shape index (κ1) is 22.9. The minimum absolute atomic E-state index is 0.208. The Balaban J connectivity index is 1.40. The maximum Gasteiger partial charge on any atom is 0.267 e. The number of halogens is 2. The van der Waals surface area contributed by atoms with Crippen LogP contribution >= 0.6 is 11.6 Å². The van der Waals surface area contributed by atoms with E-state index in [0.717, 1.165) is 61.3 Å². The summed E-state index contributed by atoms with van der Waals surface area (Å²) in [4.78, 5) is 14.5. The van der Waals surface area contributed by atoms with Crippen molar-refractivity contribution in [2.75, 3.05) is 30.9 Å². The molecule has 0 bridgehead atoms. The van der Waals surface area contributed by atoms with Crippen LogP contribution in [0.15, 0.2) is 36.4 Å². The van der Waals surface area contributed by atoms with Crippen LogP contribution in [0.3, 0.4) is 0 Å². The Bertz CT molecular complexity index is 1110. The molecule has 6 nitrogen and oxygen atoms in total. The van der Waals surface area contributed by atoms with Crippen molar-refractivity contribution in [2.45, 2.75) is 31.6 Å². The van der Waals surface area contributed by atoms with Crippen LogP contribution in [-0.4, -0.2) is 40.3 Å². The van der Waals surface area contributed by atoms with Crippen molar-refractivity contribution in [1.29, 1.82) is 0 Å². The summed E-state index contributed by atoms with van der Waals surface area (Å²) in [7, 11) is -3.78. The lowest BCUT2D eigenvalue weighted by Crippen LogP contribution is -2.35. The van der Waals surface area contributed by atoms with Gasteiger partial charge in [-0.3, -0.25) is 4.79 Å². The number of anilines is 1. The first-order valence-electron chi connectivity index (χ1n) is 10.7. The average molecular weight is 481 g/mol. The van der Waals surface area contributed by atoms with Gasteiger partial charge in [0.05, 0.1) is 18.4 Å². The molecule has 1 aliphatic carbocycles. The van der Waals surface area contributed by atoms with Gasteiger partial charge in [0.2, 0.25) is 10.0 Å². The van der Waals surface area contributed by atoms with Crippen LogP contribution < -0.4 is 14.4 Å². The molecule has 2 aromatic carbocycles. The lowest BCUT2D eigenvalue weighted by molar-refractivity contribution is 0.0977. The van der Waals surface area contributed by atoms with E-state index in [-0.39, 0.29) is 11.5 Å². The van der Waals surface area contributed by atoms with Crippen LogP contribution in [0.4, 0.5) is 10.1 Å². The lowest BCUT2D eigenvalue weighted by atomic mass is 9.97. The molecule has 2 aromatic rings. The smallest absolute Gasteiger partial charge is 0.267 e. The normalized spacial score (nSPS) is 17.3. The summed E-state index contributed by atoms with van der Waals surface area (Å²) < 4.78 is 45.2. The van der Waals surface area contributed by atoms with Crippen molar-refractivity contribution in [3.05, 3.63) is 58.4 Å². The van der Waals surface area contributed by atoms with Crippen molar-refractivity contribution >= 4 is 33.2 Å². The number of piperidine rings is 1. The Morgan fingerprint density at radius 1 is 1.19 bits per heavy atom. The zero-order valence-corrected chi connectivity index (χ0v) is 19.4. The molecule has 1 N–H and O–H groups in total. The summed E-state index contributed by atoms with van der Waals surface area (Å²) in [6.07, 6.45) is 4.63. The van der Waals surface area contributed by atoms with Gasteiger partial charge in [-0.25, -0.2) is 17.5 Å². The van der Waals surface area contributed by atoms with Gasteiger partial charge in [0.1, 0.15) is 11.6 Å². The van der Waals surface area contributed by atoms with E-state index in [9.17, 15) is 17.6 Å². The van der Waals surface area contributed by atoms with Crippen LogP contribution in [0.1, 0.15) is 47.5 Å². The highest BCUT2D eigenvalue weighted by Gasteiger charge is 2.30. The topological polar surface area (TPSA) is 75.7 Å². The second kappa shape index (κ2) is 9.27. The summed E-state index contributed by atoms with van der Waals surface area (Å²) in [6, 6.07) is 10.5. The van der Waals surface area contributed by atoms with Crippen molar-refractivity contribution in [3.8, 4) is 5.75 Å². The number of sulfonamides is 1. The van der Waals surface area contributed by atoms with Gasteiger partial charge in [0.15, 0.2) is 0 Å². The van der Waals surface area contributed by atoms with Gasteiger partial charge >= 0.3 is 0 Å². The molecule has 1 saturated carbocycles. The minimum atomic E-state index is -3.78. The Morgan fingerprint density at radius 3 is 2.53 bits per heavy atom. The van der Waals surface area contributed by atoms with Crippen molar-refractivity contribution in [3.63, 3.8) is 0 Å². The summed E-state index contributed by atoms with van der Waals surface area (Å²) in [5.41, 5.74) is 1.60. The fourth-order valence-corrected chi connectivity index (χ4v) is 4.68. The van der Waals surface area contributed by atoms with E-state index < -0.39 is 21.7 Å². The number of amides is 1. The molecule has 0 aromatic heterocycles. The van der Waals surface area contributed by atoms with E-state index >= 15 is 0 Å². The zero-order chi connectivity index (χ0) is 22.9. The number of hydrogen-bond donors (Lipinski definition) is 1. The maximum atomic E-state index is 14.6. The van der Waals surface area contributed by atoms with E-state index in [2.05, 4.69) is 11.0 Å². The SMILES string of the molecule is CS(=O)(=O)NC(=O)c1cc(C2CC2)c(OCC2CCN(c3cccc(Cl)c3)CC2)cc1F. The predicted octanol–water partition coefficient (Wildman–Crippen LogP) is 4.34. The highest BCUT2D eigenvalue weighted by Crippen LogP contribution is 2.45. The van der Waals surface area contributed by atoms with Gasteiger partial charge in [0.25, 0.3) is 5.91 Å². The van der Waals surface area contributed by atoms with Crippen LogP contribution in [0.2, 0.25) is 5.02 Å². The average Bonchev–Trinajstić information content (AvgIpc) is 3.56. The van der Waals surface area contributed by atoms with Gasteiger partial charge in [-0.05, 0) is 67.3 Å².